The number of ether oxygens (including phenoxy) is 12. The molecule has 0 bridgehead atoms. The molecule has 12 atom stereocenters. The molecule has 1 fully saturated rings. The molecular weight excluding hydrogens is 1540 g/mol. The summed E-state index contributed by atoms with van der Waals surface area (Å²) in [5.74, 6) is -5.90. The van der Waals surface area contributed by atoms with Gasteiger partial charge in [0, 0.05) is 103 Å². The Labute approximate surface area is 708 Å². The minimum absolute atomic E-state index is 0.00688. The zero-order valence-corrected chi connectivity index (χ0v) is 74.2. The summed E-state index contributed by atoms with van der Waals surface area (Å²) in [5.41, 5.74) is 6.98. The zero-order valence-electron chi connectivity index (χ0n) is 74.2. The Balaban J connectivity index is 1.42. The van der Waals surface area contributed by atoms with Gasteiger partial charge in [-0.25, -0.2) is 9.59 Å². The SMILES string of the molecule is CCCCCNC(=O)CCOCCOCCOCCOCCOCCOCCOCCOCCOCCC(=O)N[C@H](C(=O)C[C@@H](CCCNC(N)=O)C(=O)Nc1ccc(COC(=O)N(C)[C@H](C(=O)C[C@H](C(=O)N(C)[C@@H](C(C)CC)[C@@H](CC(=O)N2CCC[C@H]2[C@H](OC)[C@@H](C)C(=O)C[C@H](C)[C@@H](O)c2ccccc2)OC)C(C)C)C(C)C)cc1)C(C)C. The average Bonchev–Trinajstić information content (AvgIpc) is 1.79. The van der Waals surface area contributed by atoms with Gasteiger partial charge in [-0.05, 0) is 85.0 Å². The van der Waals surface area contributed by atoms with Crippen molar-refractivity contribution in [2.75, 3.05) is 172 Å². The first kappa shape index (κ1) is 106. The van der Waals surface area contributed by atoms with Gasteiger partial charge in [-0.15, -0.1) is 0 Å². The third-order valence-electron chi connectivity index (χ3n) is 21.6. The van der Waals surface area contributed by atoms with Gasteiger partial charge >= 0.3 is 12.1 Å². The van der Waals surface area contributed by atoms with Crippen molar-refractivity contribution in [1.82, 2.24) is 30.7 Å². The maximum atomic E-state index is 14.9. The van der Waals surface area contributed by atoms with Crippen molar-refractivity contribution in [2.45, 2.75) is 215 Å². The molecule has 2 aromatic carbocycles. The average molecular weight is 1690 g/mol. The third kappa shape index (κ3) is 42.0. The number of likely N-dealkylation sites (N-methyl/N-ethyl adjacent to an activating group) is 2. The Hall–Kier alpha value is -7.14. The second-order valence-corrected chi connectivity index (χ2v) is 31.8. The number of urea groups is 1. The minimum Gasteiger partial charge on any atom is -0.445 e. The number of anilines is 1. The van der Waals surface area contributed by atoms with Crippen molar-refractivity contribution in [1.29, 1.82) is 0 Å². The highest BCUT2D eigenvalue weighted by Crippen LogP contribution is 2.34. The third-order valence-corrected chi connectivity index (χ3v) is 21.6. The summed E-state index contributed by atoms with van der Waals surface area (Å²) in [5, 5.41) is 22.2. The lowest BCUT2D eigenvalue weighted by Gasteiger charge is -2.41. The van der Waals surface area contributed by atoms with Crippen LogP contribution in [-0.4, -0.2) is 282 Å². The minimum atomic E-state index is -0.972. The molecule has 0 spiro atoms. The fraction of sp³-hybridized carbons (Fsp3) is 0.750. The fourth-order valence-corrected chi connectivity index (χ4v) is 14.5. The van der Waals surface area contributed by atoms with Crippen molar-refractivity contribution >= 4 is 64.7 Å². The van der Waals surface area contributed by atoms with E-state index in [1.54, 1.807) is 62.1 Å². The van der Waals surface area contributed by atoms with Crippen LogP contribution in [0.1, 0.15) is 183 Å². The summed E-state index contributed by atoms with van der Waals surface area (Å²) in [6.07, 6.45) is 2.75. The number of ketones is 3. The molecule has 2 aromatic rings. The molecule has 1 heterocycles. The van der Waals surface area contributed by atoms with Crippen LogP contribution in [0.5, 0.6) is 0 Å². The number of nitrogens with one attached hydrogen (secondary N) is 4. The molecule has 0 aliphatic carbocycles. The molecule has 678 valence electrons. The van der Waals surface area contributed by atoms with Crippen LogP contribution in [0, 0.1) is 47.3 Å². The van der Waals surface area contributed by atoms with Gasteiger partial charge < -0.3 is 104 Å². The van der Waals surface area contributed by atoms with Crippen molar-refractivity contribution in [3.05, 3.63) is 65.7 Å². The van der Waals surface area contributed by atoms with Crippen LogP contribution in [0.2, 0.25) is 0 Å². The number of benzene rings is 2. The van der Waals surface area contributed by atoms with Crippen LogP contribution in [0.4, 0.5) is 15.3 Å². The summed E-state index contributed by atoms with van der Waals surface area (Å²) in [7, 11) is 6.25. The second kappa shape index (κ2) is 62.0. The van der Waals surface area contributed by atoms with Crippen molar-refractivity contribution in [3.8, 4) is 0 Å². The van der Waals surface area contributed by atoms with Crippen LogP contribution in [0.15, 0.2) is 54.6 Å². The molecule has 1 unspecified atom stereocenters. The number of methoxy groups -OCH3 is 2. The Morgan fingerprint density at radius 1 is 0.555 bits per heavy atom. The number of unbranched alkanes of at least 4 members (excludes halogenated alkanes) is 2. The lowest BCUT2D eigenvalue weighted by Crippen LogP contribution is -2.54. The van der Waals surface area contributed by atoms with E-state index in [0.29, 0.717) is 156 Å². The number of rotatable bonds is 69. The van der Waals surface area contributed by atoms with Gasteiger partial charge in [-0.3, -0.25) is 38.4 Å². The Morgan fingerprint density at radius 3 is 1.55 bits per heavy atom. The number of amides is 8. The van der Waals surface area contributed by atoms with E-state index in [1.807, 2.05) is 85.7 Å². The van der Waals surface area contributed by atoms with Crippen LogP contribution >= 0.6 is 0 Å². The van der Waals surface area contributed by atoms with E-state index in [1.165, 1.54) is 19.1 Å². The standard InChI is InChI=1S/C88H148N8O23/c1-16-18-22-35-90-77(100)33-38-110-40-42-112-44-46-114-48-50-116-52-54-118-55-53-117-51-49-115-47-45-113-43-41-111-39-34-78(101)93-80(62(5)6)74(98)57-69(27-23-36-91-87(89)106)85(104)92-70-31-29-67(30-32-70)60-119-88(107)95(13)81(63(7)8)75(99)58-71(61(3)4)86(105)94(12)82(64(9)17-2)76(108-14)59-79(102)96-37-24-28-72(96)84(109-15)66(11)73(97)56-65(10)83(103)68-25-20-19-21-26-68/h19-21,25-26,29-32,61-66,69,71-72,76,80-84,103H,16-18,22-24,27-28,33-60H2,1-15H3,(H,90,100)(H,92,104)(H,93,101)(H3,89,91,106)/t64?,65-,66-,69+,71-,72-,76+,80-,81-,82-,83+,84+/m0/s1. The molecule has 1 saturated heterocycles. The molecule has 8 amide bonds. The van der Waals surface area contributed by atoms with Crippen LogP contribution in [0.3, 0.4) is 0 Å². The van der Waals surface area contributed by atoms with Gasteiger partial charge in [0.1, 0.15) is 12.4 Å². The van der Waals surface area contributed by atoms with Crippen molar-refractivity contribution in [2.24, 2.45) is 53.1 Å². The van der Waals surface area contributed by atoms with E-state index in [0.717, 1.165) is 24.8 Å². The second-order valence-electron chi connectivity index (χ2n) is 31.8. The van der Waals surface area contributed by atoms with Crippen LogP contribution in [-0.2, 0) is 102 Å². The lowest BCUT2D eigenvalue weighted by molar-refractivity contribution is -0.149. The van der Waals surface area contributed by atoms with Gasteiger partial charge in [0.15, 0.2) is 11.6 Å². The number of aliphatic hydroxyl groups is 1. The van der Waals surface area contributed by atoms with E-state index in [9.17, 15) is 53.1 Å². The largest absolute Gasteiger partial charge is 0.445 e. The molecule has 31 nitrogen and oxygen atoms in total. The van der Waals surface area contributed by atoms with Crippen LogP contribution in [0.25, 0.3) is 0 Å². The number of nitrogens with zero attached hydrogens (tertiary/aromatic N) is 3. The summed E-state index contributed by atoms with van der Waals surface area (Å²) in [6, 6.07) is 12.2. The van der Waals surface area contributed by atoms with Crippen LogP contribution < -0.4 is 27.0 Å². The Bertz CT molecular complexity index is 3190. The highest BCUT2D eigenvalue weighted by molar-refractivity contribution is 5.97. The number of carbonyl (C=O) groups excluding carboxylic acids is 10. The zero-order chi connectivity index (χ0) is 88.0. The number of Topliss-reactive ketones (excluding diaryl/α,β-unsaturated/α-hetero) is 3. The molecule has 0 saturated carbocycles. The molecule has 119 heavy (non-hydrogen) atoms. The lowest BCUT2D eigenvalue weighted by atomic mass is 9.83. The Morgan fingerprint density at radius 2 is 1.08 bits per heavy atom. The molecule has 31 heteroatoms. The van der Waals surface area contributed by atoms with E-state index in [4.69, 9.17) is 62.6 Å². The molecule has 1 aliphatic heterocycles. The van der Waals surface area contributed by atoms with Gasteiger partial charge in [0.25, 0.3) is 0 Å². The quantitative estimate of drug-likeness (QED) is 0.0336. The van der Waals surface area contributed by atoms with Crippen molar-refractivity contribution in [3.63, 3.8) is 0 Å². The molecular formula is C88H148N8O23. The first-order valence-corrected chi connectivity index (χ1v) is 43.0. The highest BCUT2D eigenvalue weighted by atomic mass is 16.6. The van der Waals surface area contributed by atoms with E-state index in [2.05, 4.69) is 28.2 Å². The predicted octanol–water partition coefficient (Wildman–Crippen LogP) is 9.10. The normalized spacial score (nSPS) is 15.7. The smallest absolute Gasteiger partial charge is 0.410 e. The molecule has 0 aromatic heterocycles. The summed E-state index contributed by atoms with van der Waals surface area (Å²) in [4.78, 5) is 141. The summed E-state index contributed by atoms with van der Waals surface area (Å²) in [6.45, 7) is 28.6. The van der Waals surface area contributed by atoms with E-state index < -0.39 is 84.2 Å². The number of likely N-dealkylation sites (tertiary alicyclic amines) is 1. The molecule has 7 N–H and O–H groups in total. The van der Waals surface area contributed by atoms with E-state index >= 15 is 0 Å². The summed E-state index contributed by atoms with van der Waals surface area (Å²) < 4.78 is 67.8. The summed E-state index contributed by atoms with van der Waals surface area (Å²) >= 11 is 0. The first-order valence-electron chi connectivity index (χ1n) is 43.0. The number of carbonyl (C=O) groups is 10. The monoisotopic (exact) mass is 1690 g/mol. The topological polar surface area (TPSA) is 386 Å². The maximum Gasteiger partial charge on any atom is 0.410 e. The fourth-order valence-electron chi connectivity index (χ4n) is 14.5. The molecule has 0 radical (unpaired) electrons. The van der Waals surface area contributed by atoms with E-state index in [-0.39, 0.29) is 136 Å². The number of nitrogens with two attached hydrogens (primary N) is 1. The van der Waals surface area contributed by atoms with Crippen molar-refractivity contribution < 1.29 is 110 Å². The highest BCUT2D eigenvalue weighted by Gasteiger charge is 2.44. The first-order chi connectivity index (χ1) is 57.0. The molecule has 1 aliphatic rings. The Kier molecular flexibility index (Phi) is 55.3. The van der Waals surface area contributed by atoms with Gasteiger partial charge in [0.05, 0.1) is 168 Å². The number of primary amides is 1. The number of aliphatic hydroxyl groups excluding tert-OH is 1. The number of hydrogen-bond donors (Lipinski definition) is 6. The predicted molar refractivity (Wildman–Crippen MR) is 452 cm³/mol. The van der Waals surface area contributed by atoms with Gasteiger partial charge in [-0.1, -0.05) is 138 Å². The maximum absolute atomic E-state index is 14.9. The molecule has 3 rings (SSSR count). The van der Waals surface area contributed by atoms with Gasteiger partial charge in [0.2, 0.25) is 29.5 Å². The number of hydrogen-bond acceptors (Lipinski definition) is 23. The van der Waals surface area contributed by atoms with Gasteiger partial charge in [-0.2, -0.15) is 0 Å².